The molecule has 4 aromatic rings. The second-order valence-corrected chi connectivity index (χ2v) is 14.4. The number of amides is 4. The zero-order valence-electron chi connectivity index (χ0n) is 31.6. The van der Waals surface area contributed by atoms with Gasteiger partial charge in [0.05, 0.1) is 37.8 Å². The van der Waals surface area contributed by atoms with Crippen LogP contribution in [-0.4, -0.2) is 115 Å². The van der Waals surface area contributed by atoms with Crippen LogP contribution in [0.25, 0.3) is 0 Å². The van der Waals surface area contributed by atoms with Gasteiger partial charge in [-0.3, -0.25) is 34.2 Å². The number of anilines is 7. The van der Waals surface area contributed by atoms with Crippen LogP contribution in [0.1, 0.15) is 30.1 Å². The first-order chi connectivity index (χ1) is 27.5. The van der Waals surface area contributed by atoms with Crippen LogP contribution in [0.4, 0.5) is 40.2 Å². The first-order valence-electron chi connectivity index (χ1n) is 18.6. The van der Waals surface area contributed by atoms with Crippen LogP contribution >= 0.6 is 11.6 Å². The summed E-state index contributed by atoms with van der Waals surface area (Å²) in [5, 5.41) is 12.1. The average molecular weight is 795 g/mol. The predicted octanol–water partition coefficient (Wildman–Crippen LogP) is 4.04. The average Bonchev–Trinajstić information content (AvgIpc) is 3.21. The third-order valence-corrected chi connectivity index (χ3v) is 10.4. The number of imide groups is 1. The molecule has 1 atom stereocenters. The number of ether oxygens (including phenoxy) is 1. The molecule has 0 spiro atoms. The number of benzene rings is 3. The third kappa shape index (κ3) is 9.24. The van der Waals surface area contributed by atoms with Gasteiger partial charge in [0.25, 0.3) is 0 Å². The number of rotatable bonds is 12. The van der Waals surface area contributed by atoms with E-state index in [0.717, 1.165) is 17.1 Å². The molecule has 7 rings (SSSR count). The lowest BCUT2D eigenvalue weighted by molar-refractivity contribution is -0.135. The number of nitrogens with one attached hydrogen (secondary N) is 4. The minimum Gasteiger partial charge on any atom is -0.494 e. The second kappa shape index (κ2) is 17.3. The summed E-state index contributed by atoms with van der Waals surface area (Å²) < 4.78 is 5.72. The summed E-state index contributed by atoms with van der Waals surface area (Å²) in [5.41, 5.74) is 4.13. The molecule has 296 valence electrons. The second-order valence-electron chi connectivity index (χ2n) is 13.9. The first-order valence-corrected chi connectivity index (χ1v) is 19.0. The Kier molecular flexibility index (Phi) is 11.8. The molecule has 57 heavy (non-hydrogen) atoms. The van der Waals surface area contributed by atoms with E-state index in [4.69, 9.17) is 16.3 Å². The summed E-state index contributed by atoms with van der Waals surface area (Å²) in [6, 6.07) is 19.7. The minimum atomic E-state index is -0.487. The molecule has 4 N–H and O–H groups in total. The molecule has 3 aliphatic rings. The number of carbonyl (C=O) groups excluding carboxylic acids is 5. The maximum Gasteiger partial charge on any atom is 0.249 e. The van der Waals surface area contributed by atoms with E-state index in [2.05, 4.69) is 36.1 Å². The lowest BCUT2D eigenvalue weighted by Gasteiger charge is -2.38. The van der Waals surface area contributed by atoms with Crippen LogP contribution in [-0.2, 0) is 19.2 Å². The van der Waals surface area contributed by atoms with Crippen molar-refractivity contribution in [3.05, 3.63) is 83.5 Å². The first kappa shape index (κ1) is 39.0. The number of piperazine rings is 2. The van der Waals surface area contributed by atoms with Gasteiger partial charge < -0.3 is 35.4 Å². The van der Waals surface area contributed by atoms with E-state index in [-0.39, 0.29) is 59.9 Å². The number of ketones is 1. The predicted molar refractivity (Wildman–Crippen MR) is 217 cm³/mol. The molecule has 1 unspecified atom stereocenters. The van der Waals surface area contributed by atoms with Crippen molar-refractivity contribution in [2.45, 2.75) is 25.8 Å². The Morgan fingerprint density at radius 2 is 1.67 bits per heavy atom. The zero-order chi connectivity index (χ0) is 40.1. The monoisotopic (exact) mass is 794 g/mol. The van der Waals surface area contributed by atoms with E-state index < -0.39 is 6.04 Å². The Bertz CT molecular complexity index is 2180. The summed E-state index contributed by atoms with van der Waals surface area (Å²) >= 11 is 6.40. The lowest BCUT2D eigenvalue weighted by Crippen LogP contribution is -2.55. The Morgan fingerprint density at radius 1 is 0.912 bits per heavy atom. The lowest BCUT2D eigenvalue weighted by atomic mass is 10.1. The Hall–Kier alpha value is -6.26. The molecule has 3 saturated heterocycles. The SMILES string of the molecule is COc1cc(N2CCN(C(=O)CN3CCN(c4ccc(NC5CCC(=O)NC5=O)cc4)C(=O)C3)CC2)ccc1Nc1ncc(Cl)c(Nc2ccccc2C(C)=O)n1. The quantitative estimate of drug-likeness (QED) is 0.119. The van der Waals surface area contributed by atoms with Crippen LogP contribution < -0.4 is 35.8 Å². The smallest absolute Gasteiger partial charge is 0.249 e. The van der Waals surface area contributed by atoms with Crippen molar-refractivity contribution < 1.29 is 28.7 Å². The molecule has 3 aromatic carbocycles. The Morgan fingerprint density at radius 3 is 2.39 bits per heavy atom. The van der Waals surface area contributed by atoms with Gasteiger partial charge in [-0.15, -0.1) is 0 Å². The Balaban J connectivity index is 0.890. The van der Waals surface area contributed by atoms with Crippen molar-refractivity contribution >= 4 is 81.2 Å². The molecule has 0 radical (unpaired) electrons. The number of methoxy groups -OCH3 is 1. The van der Waals surface area contributed by atoms with E-state index in [9.17, 15) is 24.0 Å². The maximum absolute atomic E-state index is 13.3. The Labute approximate surface area is 334 Å². The molecule has 3 fully saturated rings. The highest BCUT2D eigenvalue weighted by molar-refractivity contribution is 6.33. The van der Waals surface area contributed by atoms with Crippen molar-refractivity contribution in [3.8, 4) is 5.75 Å². The number of carbonyl (C=O) groups is 5. The van der Waals surface area contributed by atoms with Crippen molar-refractivity contribution in [3.63, 3.8) is 0 Å². The number of halogens is 1. The topological polar surface area (TPSA) is 181 Å². The molecular formula is C40H43ClN10O6. The fraction of sp³-hybridized carbons (Fsp3) is 0.325. The van der Waals surface area contributed by atoms with E-state index in [1.165, 1.54) is 13.1 Å². The van der Waals surface area contributed by atoms with Crippen molar-refractivity contribution in [2.24, 2.45) is 0 Å². The highest BCUT2D eigenvalue weighted by Crippen LogP contribution is 2.33. The number of nitrogens with zero attached hydrogens (tertiary/aromatic N) is 6. The number of aromatic nitrogens is 2. The normalized spacial score (nSPS) is 17.6. The molecular weight excluding hydrogens is 752 g/mol. The molecule has 17 heteroatoms. The van der Waals surface area contributed by atoms with Crippen LogP contribution in [0.5, 0.6) is 5.75 Å². The van der Waals surface area contributed by atoms with E-state index in [1.54, 1.807) is 30.2 Å². The van der Waals surface area contributed by atoms with E-state index in [1.807, 2.05) is 58.3 Å². The van der Waals surface area contributed by atoms with Crippen molar-refractivity contribution in [1.82, 2.24) is 25.1 Å². The number of para-hydroxylation sites is 1. The van der Waals surface area contributed by atoms with Gasteiger partial charge in [0.2, 0.25) is 29.6 Å². The summed E-state index contributed by atoms with van der Waals surface area (Å²) in [6.45, 7) is 5.12. The number of hydrogen-bond acceptors (Lipinski definition) is 13. The van der Waals surface area contributed by atoms with Gasteiger partial charge in [0.1, 0.15) is 16.8 Å². The van der Waals surface area contributed by atoms with E-state index in [0.29, 0.717) is 74.2 Å². The highest BCUT2D eigenvalue weighted by atomic mass is 35.5. The number of Topliss-reactive ketones (excluding diaryl/α,β-unsaturated/α-hetero) is 1. The summed E-state index contributed by atoms with van der Waals surface area (Å²) in [4.78, 5) is 78.6. The summed E-state index contributed by atoms with van der Waals surface area (Å²) in [6.07, 6.45) is 2.19. The van der Waals surface area contributed by atoms with Gasteiger partial charge in [-0.05, 0) is 61.9 Å². The van der Waals surface area contributed by atoms with E-state index >= 15 is 0 Å². The van der Waals surface area contributed by atoms with Crippen molar-refractivity contribution in [1.29, 1.82) is 0 Å². The fourth-order valence-electron chi connectivity index (χ4n) is 7.05. The van der Waals surface area contributed by atoms with Gasteiger partial charge >= 0.3 is 0 Å². The minimum absolute atomic E-state index is 0.0153. The zero-order valence-corrected chi connectivity index (χ0v) is 32.3. The summed E-state index contributed by atoms with van der Waals surface area (Å²) in [7, 11) is 1.58. The molecule has 4 heterocycles. The molecule has 0 saturated carbocycles. The molecule has 1 aromatic heterocycles. The van der Waals surface area contributed by atoms with Gasteiger partial charge in [0, 0.05) is 74.4 Å². The molecule has 0 bridgehead atoms. The van der Waals surface area contributed by atoms with Gasteiger partial charge in [-0.25, -0.2) is 4.98 Å². The molecule has 16 nitrogen and oxygen atoms in total. The van der Waals surface area contributed by atoms with Crippen molar-refractivity contribution in [2.75, 3.05) is 85.2 Å². The highest BCUT2D eigenvalue weighted by Gasteiger charge is 2.30. The molecule has 0 aliphatic carbocycles. The van der Waals surface area contributed by atoms with Crippen LogP contribution in [0.15, 0.2) is 72.9 Å². The number of hydrogen-bond donors (Lipinski definition) is 4. The van der Waals surface area contributed by atoms with Gasteiger partial charge in [-0.1, -0.05) is 23.7 Å². The maximum atomic E-state index is 13.3. The van der Waals surface area contributed by atoms with Crippen LogP contribution in [0.2, 0.25) is 5.02 Å². The van der Waals surface area contributed by atoms with Gasteiger partial charge in [-0.2, -0.15) is 4.98 Å². The molecule has 3 aliphatic heterocycles. The third-order valence-electron chi connectivity index (χ3n) is 10.2. The standard InChI is InChI=1S/C40H43ClN10O6/c1-25(52)29-5-3-4-6-31(29)44-38-30(41)22-42-40(47-38)45-32-12-11-28(21-34(32)57-2)49-16-18-50(19-17-49)36(54)23-48-15-20-51(37(55)24-48)27-9-7-26(8-10-27)43-33-13-14-35(53)46-39(33)56/h3-12,21-22,33,43H,13-20,23-24H2,1-2H3,(H,46,53,56)(H2,42,44,45,47). The van der Waals surface area contributed by atoms with Crippen LogP contribution in [0, 0.1) is 0 Å². The van der Waals surface area contributed by atoms with Crippen LogP contribution in [0.3, 0.4) is 0 Å². The summed E-state index contributed by atoms with van der Waals surface area (Å²) in [5.74, 6) is 0.383. The fourth-order valence-corrected chi connectivity index (χ4v) is 7.19. The molecule has 4 amide bonds. The largest absolute Gasteiger partial charge is 0.494 e. The van der Waals surface area contributed by atoms with Gasteiger partial charge in [0.15, 0.2) is 11.6 Å². The number of piperidine rings is 1.